The Morgan fingerprint density at radius 1 is 0.633 bits per heavy atom. The average molecular weight is 468 g/mol. The zero-order valence-electron chi connectivity index (χ0n) is 17.6. The van der Waals surface area contributed by atoms with E-state index in [4.69, 9.17) is 0 Å². The molecule has 0 saturated carbocycles. The Hall–Kier alpha value is -0.400. The van der Waals surface area contributed by atoms with Crippen molar-refractivity contribution in [2.75, 3.05) is 0 Å². The van der Waals surface area contributed by atoms with Gasteiger partial charge in [-0.15, -0.1) is 0 Å². The van der Waals surface area contributed by atoms with E-state index in [0.717, 1.165) is 0 Å². The molecular formula is C18H18N2Na2O6S2. The molecule has 0 spiro atoms. The maximum Gasteiger partial charge on any atom is 1.00 e. The van der Waals surface area contributed by atoms with E-state index in [0.29, 0.717) is 33.6 Å². The van der Waals surface area contributed by atoms with Gasteiger partial charge in [-0.1, -0.05) is 0 Å². The van der Waals surface area contributed by atoms with Gasteiger partial charge in [0.2, 0.25) is 0 Å². The van der Waals surface area contributed by atoms with Crippen molar-refractivity contribution in [3.8, 4) is 0 Å². The van der Waals surface area contributed by atoms with E-state index >= 15 is 0 Å². The Morgan fingerprint density at radius 3 is 1.07 bits per heavy atom. The van der Waals surface area contributed by atoms with Crippen molar-refractivity contribution >= 4 is 44.0 Å². The summed E-state index contributed by atoms with van der Waals surface area (Å²) >= 11 is 0. The molecule has 8 nitrogen and oxygen atoms in total. The van der Waals surface area contributed by atoms with E-state index < -0.39 is 20.2 Å². The molecule has 0 saturated heterocycles. The Morgan fingerprint density at radius 2 is 0.867 bits per heavy atom. The van der Waals surface area contributed by atoms with Crippen LogP contribution in [0, 0.1) is 27.7 Å². The Balaban J connectivity index is 0.00000420. The molecule has 30 heavy (non-hydrogen) atoms. The normalized spacial score (nSPS) is 12.1. The molecule has 0 aliphatic rings. The second-order valence-electron chi connectivity index (χ2n) is 6.28. The van der Waals surface area contributed by atoms with Crippen molar-refractivity contribution < 1.29 is 85.1 Å². The number of nitrogens with zero attached hydrogens (tertiary/aromatic N) is 2. The van der Waals surface area contributed by atoms with Crippen molar-refractivity contribution in [1.29, 1.82) is 0 Å². The molecule has 0 aromatic heterocycles. The summed E-state index contributed by atoms with van der Waals surface area (Å²) in [5.41, 5.74) is 3.13. The SMILES string of the molecule is Cc1cc(S(=O)(=O)[O-])cc(C)c1N=CC=Nc1c(C)cc(S(=O)(=O)[O-])cc1C.[Na+].[Na+]. The van der Waals surface area contributed by atoms with Crippen LogP contribution in [-0.4, -0.2) is 38.4 Å². The third-order valence-corrected chi connectivity index (χ3v) is 5.61. The monoisotopic (exact) mass is 468 g/mol. The summed E-state index contributed by atoms with van der Waals surface area (Å²) in [4.78, 5) is 7.86. The van der Waals surface area contributed by atoms with Crippen LogP contribution in [0.5, 0.6) is 0 Å². The van der Waals surface area contributed by atoms with Crippen molar-refractivity contribution in [2.24, 2.45) is 9.98 Å². The van der Waals surface area contributed by atoms with Crippen molar-refractivity contribution in [1.82, 2.24) is 0 Å². The van der Waals surface area contributed by atoms with Gasteiger partial charge in [0, 0.05) is 12.4 Å². The van der Waals surface area contributed by atoms with Gasteiger partial charge in [0.1, 0.15) is 20.2 Å². The van der Waals surface area contributed by atoms with Gasteiger partial charge in [-0.2, -0.15) is 0 Å². The largest absolute Gasteiger partial charge is 1.00 e. The predicted octanol–water partition coefficient (Wildman–Crippen LogP) is -3.16. The summed E-state index contributed by atoms with van der Waals surface area (Å²) in [5.74, 6) is 0. The molecule has 2 aromatic rings. The van der Waals surface area contributed by atoms with Gasteiger partial charge in [-0.3, -0.25) is 9.98 Å². The zero-order valence-corrected chi connectivity index (χ0v) is 23.3. The molecule has 0 aliphatic carbocycles. The van der Waals surface area contributed by atoms with E-state index in [1.807, 2.05) is 0 Å². The van der Waals surface area contributed by atoms with Crippen molar-refractivity contribution in [3.63, 3.8) is 0 Å². The third-order valence-electron chi connectivity index (χ3n) is 3.98. The molecule has 0 bridgehead atoms. The molecule has 0 N–H and O–H groups in total. The standard InChI is InChI=1S/C18H20N2O6S2.2Na/c1-11-7-15(27(21,22)23)8-12(2)17(11)19-5-6-20-18-13(3)9-16(10-14(18)4)28(24,25)26;;/h5-10H,1-4H3,(H,21,22,23)(H,24,25,26);;/q;2*+1/p-2. The van der Waals surface area contributed by atoms with E-state index in [2.05, 4.69) is 9.98 Å². The third kappa shape index (κ3) is 7.63. The average Bonchev–Trinajstić information content (AvgIpc) is 2.53. The summed E-state index contributed by atoms with van der Waals surface area (Å²) in [6.45, 7) is 6.56. The van der Waals surface area contributed by atoms with Gasteiger partial charge in [-0.25, -0.2) is 16.8 Å². The summed E-state index contributed by atoms with van der Waals surface area (Å²) in [6, 6.07) is 5.04. The first-order valence-corrected chi connectivity index (χ1v) is 10.8. The number of aliphatic imine (C=N–C) groups is 2. The number of benzene rings is 2. The minimum Gasteiger partial charge on any atom is -0.744 e. The molecule has 0 radical (unpaired) electrons. The van der Waals surface area contributed by atoms with E-state index in [9.17, 15) is 25.9 Å². The van der Waals surface area contributed by atoms with Crippen LogP contribution >= 0.6 is 0 Å². The number of hydrogen-bond acceptors (Lipinski definition) is 8. The first-order chi connectivity index (χ1) is 12.8. The molecule has 150 valence electrons. The molecule has 12 heteroatoms. The fourth-order valence-corrected chi connectivity index (χ4v) is 4.03. The van der Waals surface area contributed by atoms with E-state index in [1.165, 1.54) is 36.7 Å². The quantitative estimate of drug-likeness (QED) is 0.258. The van der Waals surface area contributed by atoms with Gasteiger partial charge >= 0.3 is 59.1 Å². The number of rotatable bonds is 5. The molecule has 0 atom stereocenters. The van der Waals surface area contributed by atoms with Gasteiger partial charge < -0.3 is 9.11 Å². The van der Waals surface area contributed by atoms with Crippen LogP contribution in [0.2, 0.25) is 0 Å². The summed E-state index contributed by atoms with van der Waals surface area (Å²) in [5, 5.41) is 0. The first-order valence-electron chi connectivity index (χ1n) is 8.01. The molecule has 0 heterocycles. The van der Waals surface area contributed by atoms with Crippen molar-refractivity contribution in [2.45, 2.75) is 37.5 Å². The van der Waals surface area contributed by atoms with Crippen LogP contribution in [-0.2, 0) is 20.2 Å². The van der Waals surface area contributed by atoms with Crippen LogP contribution in [0.3, 0.4) is 0 Å². The maximum absolute atomic E-state index is 11.1. The van der Waals surface area contributed by atoms with Gasteiger partial charge in [0.15, 0.2) is 0 Å². The second-order valence-corrected chi connectivity index (χ2v) is 9.04. The summed E-state index contributed by atoms with van der Waals surface area (Å²) in [6.07, 6.45) is 2.80. The van der Waals surface area contributed by atoms with Crippen LogP contribution in [0.25, 0.3) is 0 Å². The van der Waals surface area contributed by atoms with Gasteiger partial charge in [-0.05, 0) is 74.2 Å². The van der Waals surface area contributed by atoms with Gasteiger partial charge in [0.05, 0.1) is 21.2 Å². The summed E-state index contributed by atoms with van der Waals surface area (Å²) in [7, 11) is -9.09. The molecule has 0 aliphatic heterocycles. The molecule has 0 unspecified atom stereocenters. The fraction of sp³-hybridized carbons (Fsp3) is 0.222. The molecule has 0 fully saturated rings. The Bertz CT molecular complexity index is 1070. The summed E-state index contributed by atoms with van der Waals surface area (Å²) < 4.78 is 66.9. The van der Waals surface area contributed by atoms with Crippen LogP contribution in [0.4, 0.5) is 11.4 Å². The molecule has 2 rings (SSSR count). The molecule has 0 amide bonds. The maximum atomic E-state index is 11.1. The van der Waals surface area contributed by atoms with Gasteiger partial charge in [0.25, 0.3) is 0 Å². The molecular weight excluding hydrogens is 450 g/mol. The van der Waals surface area contributed by atoms with Crippen LogP contribution in [0.1, 0.15) is 22.3 Å². The van der Waals surface area contributed by atoms with Crippen molar-refractivity contribution in [3.05, 3.63) is 46.5 Å². The molecule has 2 aromatic carbocycles. The minimum absolute atomic E-state index is 0. The predicted molar refractivity (Wildman–Crippen MR) is 104 cm³/mol. The minimum atomic E-state index is -4.54. The van der Waals surface area contributed by atoms with E-state index in [1.54, 1.807) is 27.7 Å². The number of hydrogen-bond donors (Lipinski definition) is 0. The van der Waals surface area contributed by atoms with Crippen LogP contribution in [0.15, 0.2) is 44.0 Å². The topological polar surface area (TPSA) is 139 Å². The fourth-order valence-electron chi connectivity index (χ4n) is 2.74. The first kappa shape index (κ1) is 29.6. The Kier molecular flexibility index (Phi) is 11.3. The zero-order chi connectivity index (χ0) is 21.3. The smallest absolute Gasteiger partial charge is 0.744 e. The Labute approximate surface area is 221 Å². The second kappa shape index (κ2) is 11.5. The van der Waals surface area contributed by atoms with Crippen LogP contribution < -0.4 is 59.1 Å². The number of aryl methyl sites for hydroxylation is 4. The van der Waals surface area contributed by atoms with E-state index in [-0.39, 0.29) is 68.9 Å².